The van der Waals surface area contributed by atoms with Crippen LogP contribution in [0, 0.1) is 0 Å². The van der Waals surface area contributed by atoms with Gasteiger partial charge in [0, 0.05) is 34.9 Å². The molecule has 152 valence electrons. The van der Waals surface area contributed by atoms with Crippen molar-refractivity contribution < 1.29 is 8.42 Å². The van der Waals surface area contributed by atoms with Crippen LogP contribution < -0.4 is 4.90 Å². The van der Waals surface area contributed by atoms with Crippen LogP contribution >= 0.6 is 34.5 Å². The van der Waals surface area contributed by atoms with Crippen molar-refractivity contribution in [3.05, 3.63) is 75.2 Å². The first-order valence-corrected chi connectivity index (χ1v) is 12.5. The van der Waals surface area contributed by atoms with Gasteiger partial charge in [-0.25, -0.2) is 13.4 Å². The van der Waals surface area contributed by atoms with Gasteiger partial charge in [0.25, 0.3) is 0 Å². The molecule has 29 heavy (non-hydrogen) atoms. The Morgan fingerprint density at radius 2 is 1.55 bits per heavy atom. The zero-order valence-electron chi connectivity index (χ0n) is 15.6. The molecular formula is C21H20Cl2N2O2S2. The van der Waals surface area contributed by atoms with Gasteiger partial charge in [-0.05, 0) is 54.8 Å². The molecule has 2 heterocycles. The maximum absolute atomic E-state index is 12.9. The lowest BCUT2D eigenvalue weighted by Gasteiger charge is -2.31. The molecule has 0 saturated carbocycles. The summed E-state index contributed by atoms with van der Waals surface area (Å²) in [5.41, 5.74) is 2.18. The van der Waals surface area contributed by atoms with Crippen LogP contribution in [0.2, 0.25) is 10.0 Å². The van der Waals surface area contributed by atoms with E-state index in [9.17, 15) is 8.42 Å². The molecule has 2 aromatic carbocycles. The third-order valence-corrected chi connectivity index (χ3v) is 8.86. The lowest BCUT2D eigenvalue weighted by atomic mass is 10.1. The van der Waals surface area contributed by atoms with Crippen molar-refractivity contribution in [3.63, 3.8) is 0 Å². The molecule has 0 bridgehead atoms. The topological polar surface area (TPSA) is 50.3 Å². The molecule has 8 heteroatoms. The first-order valence-electron chi connectivity index (χ1n) is 9.35. The molecular weight excluding hydrogens is 447 g/mol. The number of piperidine rings is 1. The first kappa shape index (κ1) is 20.7. The van der Waals surface area contributed by atoms with E-state index >= 15 is 0 Å². The number of halogens is 2. The van der Waals surface area contributed by atoms with Crippen LogP contribution in [0.15, 0.2) is 58.8 Å². The molecule has 1 aliphatic rings. The zero-order chi connectivity index (χ0) is 20.4. The van der Waals surface area contributed by atoms with E-state index in [2.05, 4.69) is 10.3 Å². The van der Waals surface area contributed by atoms with Crippen LogP contribution in [0.3, 0.4) is 0 Å². The average Bonchev–Trinajstić information content (AvgIpc) is 3.19. The van der Waals surface area contributed by atoms with Crippen molar-refractivity contribution in [2.75, 3.05) is 18.0 Å². The Labute approximate surface area is 185 Å². The summed E-state index contributed by atoms with van der Waals surface area (Å²) >= 11 is 13.4. The van der Waals surface area contributed by atoms with Crippen molar-refractivity contribution in [2.24, 2.45) is 0 Å². The number of benzene rings is 2. The van der Waals surface area contributed by atoms with Crippen LogP contribution in [0.4, 0.5) is 5.13 Å². The molecule has 0 spiro atoms. The van der Waals surface area contributed by atoms with Gasteiger partial charge in [0.2, 0.25) is 0 Å². The van der Waals surface area contributed by atoms with Gasteiger partial charge < -0.3 is 4.90 Å². The molecule has 1 saturated heterocycles. The fourth-order valence-electron chi connectivity index (χ4n) is 3.51. The summed E-state index contributed by atoms with van der Waals surface area (Å²) in [6.07, 6.45) is 1.95. The van der Waals surface area contributed by atoms with Gasteiger partial charge in [0.1, 0.15) is 0 Å². The van der Waals surface area contributed by atoms with Crippen molar-refractivity contribution in [2.45, 2.75) is 29.4 Å². The van der Waals surface area contributed by atoms with Crippen LogP contribution in [-0.2, 0) is 16.3 Å². The maximum atomic E-state index is 12.9. The number of thiazole rings is 1. The Hall–Kier alpha value is -1.60. The Morgan fingerprint density at radius 1 is 0.966 bits per heavy atom. The van der Waals surface area contributed by atoms with E-state index in [4.69, 9.17) is 28.2 Å². The lowest BCUT2D eigenvalue weighted by molar-refractivity contribution is 0.529. The predicted molar refractivity (Wildman–Crippen MR) is 120 cm³/mol. The van der Waals surface area contributed by atoms with Gasteiger partial charge in [0.15, 0.2) is 15.0 Å². The highest BCUT2D eigenvalue weighted by Crippen LogP contribution is 2.30. The number of anilines is 1. The average molecular weight is 467 g/mol. The number of rotatable bonds is 5. The number of hydrogen-bond acceptors (Lipinski definition) is 5. The summed E-state index contributed by atoms with van der Waals surface area (Å²) in [4.78, 5) is 7.29. The molecule has 1 aromatic heterocycles. The molecule has 0 unspecified atom stereocenters. The first-order chi connectivity index (χ1) is 13.9. The molecule has 0 radical (unpaired) electrons. The molecule has 4 nitrogen and oxygen atoms in total. The quantitative estimate of drug-likeness (QED) is 0.499. The van der Waals surface area contributed by atoms with E-state index in [0.29, 0.717) is 35.8 Å². The molecule has 0 N–H and O–H groups in total. The molecule has 1 fully saturated rings. The highest BCUT2D eigenvalue weighted by atomic mass is 35.5. The molecule has 4 rings (SSSR count). The minimum absolute atomic E-state index is 0.347. The van der Waals surface area contributed by atoms with Crippen LogP contribution in [0.25, 0.3) is 0 Å². The fourth-order valence-corrected chi connectivity index (χ4v) is 6.37. The second-order valence-electron chi connectivity index (χ2n) is 7.11. The molecule has 0 amide bonds. The summed E-state index contributed by atoms with van der Waals surface area (Å²) in [5.74, 6) is 0. The van der Waals surface area contributed by atoms with Crippen LogP contribution in [0.5, 0.6) is 0 Å². The molecule has 1 aliphatic heterocycles. The number of hydrogen-bond donors (Lipinski definition) is 0. The van der Waals surface area contributed by atoms with Gasteiger partial charge in [-0.3, -0.25) is 0 Å². The molecule has 0 aliphatic carbocycles. The molecule has 0 atom stereocenters. The van der Waals surface area contributed by atoms with Crippen molar-refractivity contribution in [1.29, 1.82) is 0 Å². The lowest BCUT2D eigenvalue weighted by Crippen LogP contribution is -2.39. The summed E-state index contributed by atoms with van der Waals surface area (Å²) in [6.45, 7) is 1.37. The SMILES string of the molecule is O=S(=O)(c1ccc(Cl)cc1)C1CCN(c2nc(Cc3ccc(Cl)cc3)cs2)CC1. The van der Waals surface area contributed by atoms with E-state index in [1.807, 2.05) is 24.3 Å². The third kappa shape index (κ3) is 4.77. The monoisotopic (exact) mass is 466 g/mol. The number of nitrogens with zero attached hydrogens (tertiary/aromatic N) is 2. The Bertz CT molecular complexity index is 1070. The van der Waals surface area contributed by atoms with E-state index in [-0.39, 0.29) is 5.25 Å². The summed E-state index contributed by atoms with van der Waals surface area (Å²) in [5, 5.41) is 3.92. The number of sulfone groups is 1. The smallest absolute Gasteiger partial charge is 0.185 e. The largest absolute Gasteiger partial charge is 0.348 e. The highest BCUT2D eigenvalue weighted by molar-refractivity contribution is 7.92. The van der Waals surface area contributed by atoms with Gasteiger partial charge >= 0.3 is 0 Å². The Balaban J connectivity index is 1.39. The minimum Gasteiger partial charge on any atom is -0.348 e. The van der Waals surface area contributed by atoms with Gasteiger partial charge in [-0.1, -0.05) is 35.3 Å². The maximum Gasteiger partial charge on any atom is 0.185 e. The fraction of sp³-hybridized carbons (Fsp3) is 0.286. The second kappa shape index (κ2) is 8.64. The zero-order valence-corrected chi connectivity index (χ0v) is 18.7. The highest BCUT2D eigenvalue weighted by Gasteiger charge is 2.32. The van der Waals surface area contributed by atoms with Gasteiger partial charge in [-0.2, -0.15) is 0 Å². The van der Waals surface area contributed by atoms with E-state index < -0.39 is 9.84 Å². The normalized spacial score (nSPS) is 15.6. The van der Waals surface area contributed by atoms with Crippen LogP contribution in [0.1, 0.15) is 24.1 Å². The minimum atomic E-state index is -3.34. The number of aromatic nitrogens is 1. The summed E-state index contributed by atoms with van der Waals surface area (Å²) in [7, 11) is -3.34. The van der Waals surface area contributed by atoms with Crippen molar-refractivity contribution >= 4 is 49.5 Å². The Kier molecular flexibility index (Phi) is 6.16. The summed E-state index contributed by atoms with van der Waals surface area (Å²) < 4.78 is 25.8. The standard InChI is InChI=1S/C21H20Cl2N2O2S2/c22-16-3-1-15(2-4-16)13-18-14-28-21(24-18)25-11-9-20(10-12-25)29(26,27)19-7-5-17(23)6-8-19/h1-8,14,20H,9-13H2. The van der Waals surface area contributed by atoms with E-state index in [1.165, 1.54) is 5.56 Å². The third-order valence-electron chi connectivity index (χ3n) is 5.13. The Morgan fingerprint density at radius 3 is 2.17 bits per heavy atom. The van der Waals surface area contributed by atoms with Gasteiger partial charge in [0.05, 0.1) is 15.8 Å². The van der Waals surface area contributed by atoms with Crippen LogP contribution in [-0.4, -0.2) is 31.7 Å². The van der Waals surface area contributed by atoms with Crippen molar-refractivity contribution in [1.82, 2.24) is 4.98 Å². The second-order valence-corrected chi connectivity index (χ2v) is 11.0. The van der Waals surface area contributed by atoms with Crippen molar-refractivity contribution in [3.8, 4) is 0 Å². The van der Waals surface area contributed by atoms with E-state index in [0.717, 1.165) is 22.3 Å². The summed E-state index contributed by atoms with van der Waals surface area (Å²) in [6, 6.07) is 14.2. The van der Waals surface area contributed by atoms with Gasteiger partial charge in [-0.15, -0.1) is 11.3 Å². The molecule has 3 aromatic rings. The van der Waals surface area contributed by atoms with E-state index in [1.54, 1.807) is 35.6 Å². The predicted octanol–water partition coefficient (Wildman–Crippen LogP) is 5.48.